The molecule has 2 aromatic rings. The van der Waals surface area contributed by atoms with Crippen LogP contribution in [0.25, 0.3) is 5.57 Å². The van der Waals surface area contributed by atoms with Gasteiger partial charge < -0.3 is 15.4 Å². The van der Waals surface area contributed by atoms with E-state index in [1.54, 1.807) is 13.3 Å². The van der Waals surface area contributed by atoms with Crippen LogP contribution in [0.15, 0.2) is 45.2 Å². The number of aromatic nitrogens is 1. The van der Waals surface area contributed by atoms with Gasteiger partial charge in [-0.2, -0.15) is 0 Å². The minimum absolute atomic E-state index is 0.0912. The molecule has 2 saturated heterocycles. The van der Waals surface area contributed by atoms with Crippen molar-refractivity contribution in [2.45, 2.75) is 43.4 Å². The first-order valence-electron chi connectivity index (χ1n) is 9.56. The van der Waals surface area contributed by atoms with Gasteiger partial charge in [-0.1, -0.05) is 6.07 Å². The van der Waals surface area contributed by atoms with E-state index in [9.17, 15) is 4.79 Å². The molecule has 0 radical (unpaired) electrons. The Bertz CT molecular complexity index is 929. The molecule has 4 heterocycles. The number of thiophene rings is 1. The summed E-state index contributed by atoms with van der Waals surface area (Å²) < 4.78 is 10.0. The highest BCUT2D eigenvalue weighted by atomic mass is 127. The third kappa shape index (κ3) is 3.73. The summed E-state index contributed by atoms with van der Waals surface area (Å²) in [4.78, 5) is 20.9. The molecule has 2 aromatic heterocycles. The summed E-state index contributed by atoms with van der Waals surface area (Å²) in [7, 11) is 1.76. The lowest BCUT2D eigenvalue weighted by Gasteiger charge is -2.45. The molecule has 29 heavy (non-hydrogen) atoms. The average molecular weight is 522 g/mol. The van der Waals surface area contributed by atoms with E-state index in [1.165, 1.54) is 17.5 Å². The van der Waals surface area contributed by atoms with Gasteiger partial charge in [-0.25, -0.2) is 3.21 Å². The van der Waals surface area contributed by atoms with Crippen LogP contribution in [0.2, 0.25) is 0 Å². The zero-order chi connectivity index (χ0) is 20.4. The van der Waals surface area contributed by atoms with Gasteiger partial charge in [0.1, 0.15) is 5.60 Å². The van der Waals surface area contributed by atoms with Gasteiger partial charge in [0.05, 0.1) is 34.1 Å². The number of ether oxygens (including phenoxy) is 1. The standard InChI is InChI=1S/C21H23IN4O2S/c1-28-21(19-4-2-3-7-24-19)9-16-5-6-17(10-21)26(16)20(27)14-8-18(29-13-14)15(11-23)12-25-22/h2-4,7-8,11-13,16-17H,5-6,9-10,23H2,1H3/b15-11+,25-12?. The largest absolute Gasteiger partial charge is 0.404 e. The Morgan fingerprint density at radius 1 is 1.41 bits per heavy atom. The third-order valence-corrected chi connectivity index (χ3v) is 7.26. The molecule has 8 heteroatoms. The predicted octanol–water partition coefficient (Wildman–Crippen LogP) is 4.17. The number of methoxy groups -OCH3 is 1. The second kappa shape index (κ2) is 8.53. The summed E-state index contributed by atoms with van der Waals surface area (Å²) in [5.41, 5.74) is 7.78. The number of fused-ring (bicyclic) bond motifs is 2. The van der Waals surface area contributed by atoms with Crippen molar-refractivity contribution in [3.8, 4) is 0 Å². The highest BCUT2D eigenvalue weighted by molar-refractivity contribution is 14.1. The van der Waals surface area contributed by atoms with E-state index in [0.29, 0.717) is 5.56 Å². The molecule has 0 saturated carbocycles. The first-order valence-corrected chi connectivity index (χ1v) is 11.4. The lowest BCUT2D eigenvalue weighted by molar-refractivity contribution is -0.0814. The van der Waals surface area contributed by atoms with Crippen LogP contribution in [0.5, 0.6) is 0 Å². The molecule has 2 aliphatic rings. The van der Waals surface area contributed by atoms with Gasteiger partial charge >= 0.3 is 0 Å². The van der Waals surface area contributed by atoms with Crippen molar-refractivity contribution in [1.82, 2.24) is 9.88 Å². The molecule has 0 aliphatic carbocycles. The van der Waals surface area contributed by atoms with Crippen LogP contribution in [0, 0.1) is 0 Å². The molecule has 2 bridgehead atoms. The summed E-state index contributed by atoms with van der Waals surface area (Å²) in [5.74, 6) is 0.0912. The summed E-state index contributed by atoms with van der Waals surface area (Å²) in [6.07, 6.45) is 8.58. The van der Waals surface area contributed by atoms with Crippen LogP contribution in [0.4, 0.5) is 0 Å². The van der Waals surface area contributed by atoms with E-state index >= 15 is 0 Å². The van der Waals surface area contributed by atoms with Crippen molar-refractivity contribution >= 4 is 51.9 Å². The number of nitrogens with two attached hydrogens (primary N) is 1. The van der Waals surface area contributed by atoms with Crippen LogP contribution in [0.3, 0.4) is 0 Å². The molecule has 2 fully saturated rings. The monoisotopic (exact) mass is 522 g/mol. The summed E-state index contributed by atoms with van der Waals surface area (Å²) in [6, 6.07) is 8.18. The third-order valence-electron chi connectivity index (χ3n) is 6.01. The first-order chi connectivity index (χ1) is 14.1. The number of allylic oxidation sites excluding steroid dienone is 1. The van der Waals surface area contributed by atoms with Crippen LogP contribution in [-0.4, -0.2) is 41.2 Å². The molecule has 2 unspecified atom stereocenters. The fraction of sp³-hybridized carbons (Fsp3) is 0.381. The van der Waals surface area contributed by atoms with Gasteiger partial charge in [0.2, 0.25) is 0 Å². The smallest absolute Gasteiger partial charge is 0.255 e. The van der Waals surface area contributed by atoms with Crippen LogP contribution in [-0.2, 0) is 10.3 Å². The van der Waals surface area contributed by atoms with Crippen molar-refractivity contribution in [2.24, 2.45) is 8.94 Å². The SMILES string of the molecule is COC1(c2ccccn2)CC2CCC(C1)N2C(=O)c1csc(/C(C=NI)=C/N)c1. The van der Waals surface area contributed by atoms with Crippen LogP contribution < -0.4 is 5.73 Å². The highest BCUT2D eigenvalue weighted by Crippen LogP contribution is 2.47. The number of carbonyl (C=O) groups is 1. The molecule has 1 amide bonds. The number of hydrogen-bond acceptors (Lipinski definition) is 6. The van der Waals surface area contributed by atoms with E-state index in [-0.39, 0.29) is 18.0 Å². The second-order valence-corrected chi connectivity index (χ2v) is 8.94. The first kappa shape index (κ1) is 20.5. The molecule has 2 aliphatic heterocycles. The fourth-order valence-electron chi connectivity index (χ4n) is 4.64. The van der Waals surface area contributed by atoms with E-state index < -0.39 is 5.60 Å². The van der Waals surface area contributed by atoms with Crippen LogP contribution in [0.1, 0.15) is 46.6 Å². The lowest BCUT2D eigenvalue weighted by atomic mass is 9.82. The topological polar surface area (TPSA) is 80.8 Å². The van der Waals surface area contributed by atoms with E-state index in [4.69, 9.17) is 10.5 Å². The van der Waals surface area contributed by atoms with Gasteiger partial charge in [0.15, 0.2) is 0 Å². The minimum Gasteiger partial charge on any atom is -0.404 e. The Labute approximate surface area is 188 Å². The molecule has 2 atom stereocenters. The Morgan fingerprint density at radius 2 is 2.17 bits per heavy atom. The second-order valence-electron chi connectivity index (χ2n) is 7.47. The highest BCUT2D eigenvalue weighted by Gasteiger charge is 2.51. The van der Waals surface area contributed by atoms with E-state index in [2.05, 4.69) is 13.1 Å². The average Bonchev–Trinajstić information content (AvgIpc) is 3.35. The molecular formula is C21H23IN4O2S. The van der Waals surface area contributed by atoms with Gasteiger partial charge in [-0.05, 0) is 31.0 Å². The zero-order valence-electron chi connectivity index (χ0n) is 16.1. The quantitative estimate of drug-likeness (QED) is 0.472. The number of pyridine rings is 1. The van der Waals surface area contributed by atoms with Gasteiger partial charge in [0, 0.05) is 66.5 Å². The van der Waals surface area contributed by atoms with Crippen molar-refractivity contribution in [3.05, 3.63) is 58.2 Å². The molecule has 152 valence electrons. The predicted molar refractivity (Wildman–Crippen MR) is 124 cm³/mol. The number of piperidine rings is 1. The fourth-order valence-corrected chi connectivity index (χ4v) is 5.82. The summed E-state index contributed by atoms with van der Waals surface area (Å²) in [6.45, 7) is 0. The lowest BCUT2D eigenvalue weighted by Crippen LogP contribution is -2.52. The molecule has 0 aromatic carbocycles. The Morgan fingerprint density at radius 3 is 2.76 bits per heavy atom. The number of carbonyl (C=O) groups excluding carboxylic acids is 1. The number of amides is 1. The molecule has 2 N–H and O–H groups in total. The number of nitrogens with zero attached hydrogens (tertiary/aromatic N) is 3. The number of hydrogen-bond donors (Lipinski definition) is 1. The van der Waals surface area contributed by atoms with Crippen LogP contribution >= 0.6 is 34.2 Å². The van der Waals surface area contributed by atoms with Gasteiger partial charge in [0.25, 0.3) is 5.91 Å². The number of rotatable bonds is 5. The summed E-state index contributed by atoms with van der Waals surface area (Å²) in [5, 5.41) is 1.92. The van der Waals surface area contributed by atoms with E-state index in [0.717, 1.165) is 41.8 Å². The maximum Gasteiger partial charge on any atom is 0.255 e. The molecular weight excluding hydrogens is 499 g/mol. The van der Waals surface area contributed by atoms with E-state index in [1.807, 2.05) is 58.7 Å². The Hall–Kier alpha value is -1.78. The van der Waals surface area contributed by atoms with Crippen molar-refractivity contribution < 1.29 is 9.53 Å². The Balaban J connectivity index is 1.58. The van der Waals surface area contributed by atoms with Gasteiger partial charge in [-0.3, -0.25) is 9.78 Å². The molecule has 4 rings (SSSR count). The van der Waals surface area contributed by atoms with Crippen molar-refractivity contribution in [1.29, 1.82) is 0 Å². The van der Waals surface area contributed by atoms with Crippen molar-refractivity contribution in [3.63, 3.8) is 0 Å². The minimum atomic E-state index is -0.421. The zero-order valence-corrected chi connectivity index (χ0v) is 19.1. The number of halogens is 1. The molecule has 0 spiro atoms. The molecule has 6 nitrogen and oxygen atoms in total. The van der Waals surface area contributed by atoms with Gasteiger partial charge in [-0.15, -0.1) is 11.3 Å². The summed E-state index contributed by atoms with van der Waals surface area (Å²) >= 11 is 3.43. The maximum absolute atomic E-state index is 13.4. The normalized spacial score (nSPS) is 27.0. The Kier molecular flexibility index (Phi) is 6.03. The van der Waals surface area contributed by atoms with Crippen molar-refractivity contribution in [2.75, 3.05) is 7.11 Å². The maximum atomic E-state index is 13.4.